The van der Waals surface area contributed by atoms with Gasteiger partial charge in [-0.25, -0.2) is 0 Å². The SMILES string of the molecule is CCC(C)Nc1ccc(Oc2cccc(O)c2)cc1. The summed E-state index contributed by atoms with van der Waals surface area (Å²) in [5.74, 6) is 1.58. The zero-order chi connectivity index (χ0) is 13.7. The smallest absolute Gasteiger partial charge is 0.131 e. The Balaban J connectivity index is 2.02. The lowest BCUT2D eigenvalue weighted by Gasteiger charge is -2.13. The topological polar surface area (TPSA) is 41.5 Å². The van der Waals surface area contributed by atoms with Crippen LogP contribution in [0.3, 0.4) is 0 Å². The lowest BCUT2D eigenvalue weighted by atomic mass is 10.2. The zero-order valence-corrected chi connectivity index (χ0v) is 11.3. The Kier molecular flexibility index (Phi) is 4.29. The van der Waals surface area contributed by atoms with Gasteiger partial charge in [0, 0.05) is 17.8 Å². The van der Waals surface area contributed by atoms with Crippen LogP contribution in [-0.2, 0) is 0 Å². The summed E-state index contributed by atoms with van der Waals surface area (Å²) in [7, 11) is 0. The van der Waals surface area contributed by atoms with Crippen molar-refractivity contribution in [2.45, 2.75) is 26.3 Å². The van der Waals surface area contributed by atoms with E-state index in [0.717, 1.165) is 17.9 Å². The molecule has 3 heteroatoms. The number of aromatic hydroxyl groups is 1. The minimum Gasteiger partial charge on any atom is -0.508 e. The maximum Gasteiger partial charge on any atom is 0.131 e. The summed E-state index contributed by atoms with van der Waals surface area (Å²) in [5.41, 5.74) is 1.08. The molecule has 0 spiro atoms. The van der Waals surface area contributed by atoms with E-state index in [1.807, 2.05) is 30.3 Å². The molecule has 2 aromatic carbocycles. The van der Waals surface area contributed by atoms with Gasteiger partial charge in [0.1, 0.15) is 17.2 Å². The number of ether oxygens (including phenoxy) is 1. The van der Waals surface area contributed by atoms with Crippen LogP contribution in [0.15, 0.2) is 48.5 Å². The average Bonchev–Trinajstić information content (AvgIpc) is 2.41. The summed E-state index contributed by atoms with van der Waals surface area (Å²) in [4.78, 5) is 0. The average molecular weight is 257 g/mol. The monoisotopic (exact) mass is 257 g/mol. The van der Waals surface area contributed by atoms with Gasteiger partial charge in [-0.1, -0.05) is 13.0 Å². The summed E-state index contributed by atoms with van der Waals surface area (Å²) >= 11 is 0. The molecule has 0 saturated heterocycles. The van der Waals surface area contributed by atoms with Crippen molar-refractivity contribution in [1.82, 2.24) is 0 Å². The molecule has 0 bridgehead atoms. The van der Waals surface area contributed by atoms with Gasteiger partial charge in [-0.2, -0.15) is 0 Å². The van der Waals surface area contributed by atoms with Gasteiger partial charge in [0.15, 0.2) is 0 Å². The zero-order valence-electron chi connectivity index (χ0n) is 11.3. The van der Waals surface area contributed by atoms with Gasteiger partial charge >= 0.3 is 0 Å². The molecule has 19 heavy (non-hydrogen) atoms. The summed E-state index contributed by atoms with van der Waals surface area (Å²) < 4.78 is 5.66. The van der Waals surface area contributed by atoms with Crippen LogP contribution in [0, 0.1) is 0 Å². The minimum absolute atomic E-state index is 0.201. The molecule has 0 fully saturated rings. The first kappa shape index (κ1) is 13.3. The first-order valence-electron chi connectivity index (χ1n) is 6.51. The fourth-order valence-corrected chi connectivity index (χ4v) is 1.69. The molecule has 100 valence electrons. The van der Waals surface area contributed by atoms with E-state index in [-0.39, 0.29) is 5.75 Å². The molecule has 0 aliphatic carbocycles. The Hall–Kier alpha value is -2.16. The van der Waals surface area contributed by atoms with Gasteiger partial charge in [0.25, 0.3) is 0 Å². The van der Waals surface area contributed by atoms with Crippen LogP contribution in [0.25, 0.3) is 0 Å². The van der Waals surface area contributed by atoms with Crippen molar-refractivity contribution in [2.24, 2.45) is 0 Å². The third-order valence-electron chi connectivity index (χ3n) is 2.93. The molecule has 0 aliphatic heterocycles. The van der Waals surface area contributed by atoms with Crippen molar-refractivity contribution < 1.29 is 9.84 Å². The molecule has 1 unspecified atom stereocenters. The standard InChI is InChI=1S/C16H19NO2/c1-3-12(2)17-13-7-9-15(10-8-13)19-16-6-4-5-14(18)11-16/h4-12,17-18H,3H2,1-2H3. The summed E-state index contributed by atoms with van der Waals surface area (Å²) in [5, 5.41) is 12.8. The van der Waals surface area contributed by atoms with Gasteiger partial charge in [-0.05, 0) is 49.7 Å². The van der Waals surface area contributed by atoms with E-state index in [9.17, 15) is 5.11 Å². The highest BCUT2D eigenvalue weighted by molar-refractivity contribution is 5.48. The maximum atomic E-state index is 9.37. The Morgan fingerprint density at radius 3 is 2.47 bits per heavy atom. The number of anilines is 1. The van der Waals surface area contributed by atoms with Crippen molar-refractivity contribution in [2.75, 3.05) is 5.32 Å². The molecule has 2 N–H and O–H groups in total. The van der Waals surface area contributed by atoms with Gasteiger partial charge in [0.05, 0.1) is 0 Å². The van der Waals surface area contributed by atoms with Crippen LogP contribution >= 0.6 is 0 Å². The minimum atomic E-state index is 0.201. The number of nitrogens with one attached hydrogen (secondary N) is 1. The van der Waals surface area contributed by atoms with Gasteiger partial charge in [-0.3, -0.25) is 0 Å². The Labute approximate surface area is 113 Å². The van der Waals surface area contributed by atoms with Crippen LogP contribution < -0.4 is 10.1 Å². The van der Waals surface area contributed by atoms with E-state index < -0.39 is 0 Å². The molecule has 1 atom stereocenters. The van der Waals surface area contributed by atoms with E-state index in [4.69, 9.17) is 4.74 Å². The molecular formula is C16H19NO2. The Morgan fingerprint density at radius 1 is 1.11 bits per heavy atom. The van der Waals surface area contributed by atoms with Crippen LogP contribution in [0.1, 0.15) is 20.3 Å². The number of hydrogen-bond donors (Lipinski definition) is 2. The highest BCUT2D eigenvalue weighted by atomic mass is 16.5. The van der Waals surface area contributed by atoms with Gasteiger partial charge in [0.2, 0.25) is 0 Å². The van der Waals surface area contributed by atoms with E-state index in [2.05, 4.69) is 19.2 Å². The molecule has 0 amide bonds. The molecule has 2 aromatic rings. The Morgan fingerprint density at radius 2 is 1.84 bits per heavy atom. The van der Waals surface area contributed by atoms with Gasteiger partial charge in [-0.15, -0.1) is 0 Å². The van der Waals surface area contributed by atoms with Crippen molar-refractivity contribution in [3.8, 4) is 17.2 Å². The van der Waals surface area contributed by atoms with Crippen molar-refractivity contribution in [3.05, 3.63) is 48.5 Å². The molecule has 0 saturated carbocycles. The lowest BCUT2D eigenvalue weighted by molar-refractivity contribution is 0.455. The second kappa shape index (κ2) is 6.14. The van der Waals surface area contributed by atoms with E-state index in [1.54, 1.807) is 18.2 Å². The van der Waals surface area contributed by atoms with E-state index >= 15 is 0 Å². The number of phenolic OH excluding ortho intramolecular Hbond substituents is 1. The third kappa shape index (κ3) is 3.91. The maximum absolute atomic E-state index is 9.37. The Bertz CT molecular complexity index is 523. The number of rotatable bonds is 5. The molecular weight excluding hydrogens is 238 g/mol. The van der Waals surface area contributed by atoms with Crippen molar-refractivity contribution in [1.29, 1.82) is 0 Å². The van der Waals surface area contributed by atoms with Crippen LogP contribution in [-0.4, -0.2) is 11.1 Å². The first-order valence-corrected chi connectivity index (χ1v) is 6.51. The number of phenols is 1. The highest BCUT2D eigenvalue weighted by Crippen LogP contribution is 2.25. The van der Waals surface area contributed by atoms with Crippen molar-refractivity contribution >= 4 is 5.69 Å². The predicted molar refractivity (Wildman–Crippen MR) is 78.0 cm³/mol. The van der Waals surface area contributed by atoms with Crippen molar-refractivity contribution in [3.63, 3.8) is 0 Å². The second-order valence-electron chi connectivity index (χ2n) is 4.58. The van der Waals surface area contributed by atoms with Crippen LogP contribution in [0.5, 0.6) is 17.2 Å². The van der Waals surface area contributed by atoms with E-state index in [1.165, 1.54) is 0 Å². The quantitative estimate of drug-likeness (QED) is 0.834. The fourth-order valence-electron chi connectivity index (χ4n) is 1.69. The summed E-state index contributed by atoms with van der Waals surface area (Å²) in [6, 6.07) is 15.0. The summed E-state index contributed by atoms with van der Waals surface area (Å²) in [6.07, 6.45) is 1.08. The van der Waals surface area contributed by atoms with E-state index in [0.29, 0.717) is 11.8 Å². The lowest BCUT2D eigenvalue weighted by Crippen LogP contribution is -2.12. The van der Waals surface area contributed by atoms with Gasteiger partial charge < -0.3 is 15.2 Å². The summed E-state index contributed by atoms with van der Waals surface area (Å²) in [6.45, 7) is 4.30. The number of benzene rings is 2. The molecule has 0 aromatic heterocycles. The largest absolute Gasteiger partial charge is 0.508 e. The molecule has 2 rings (SSSR count). The third-order valence-corrected chi connectivity index (χ3v) is 2.93. The normalized spacial score (nSPS) is 11.9. The van der Waals surface area contributed by atoms with Crippen LogP contribution in [0.4, 0.5) is 5.69 Å². The molecule has 0 aliphatic rings. The molecule has 0 heterocycles. The van der Waals surface area contributed by atoms with Crippen LogP contribution in [0.2, 0.25) is 0 Å². The number of hydrogen-bond acceptors (Lipinski definition) is 3. The predicted octanol–water partition coefficient (Wildman–Crippen LogP) is 4.39. The highest BCUT2D eigenvalue weighted by Gasteiger charge is 2.01. The molecule has 0 radical (unpaired) electrons. The first-order chi connectivity index (χ1) is 9.17. The fraction of sp³-hybridized carbons (Fsp3) is 0.250. The second-order valence-corrected chi connectivity index (χ2v) is 4.58. The molecule has 3 nitrogen and oxygen atoms in total.